The zero-order valence-electron chi connectivity index (χ0n) is 17.1. The number of nitrogens with zero attached hydrogens (tertiary/aromatic N) is 2. The molecule has 2 aromatic heterocycles. The summed E-state index contributed by atoms with van der Waals surface area (Å²) >= 11 is 6.37. The second-order valence-corrected chi connectivity index (χ2v) is 7.66. The monoisotopic (exact) mass is 467 g/mol. The van der Waals surface area contributed by atoms with Gasteiger partial charge >= 0.3 is 12.1 Å². The van der Waals surface area contributed by atoms with Crippen molar-refractivity contribution in [3.8, 4) is 16.9 Å². The van der Waals surface area contributed by atoms with Gasteiger partial charge in [-0.05, 0) is 68.2 Å². The lowest BCUT2D eigenvalue weighted by Gasteiger charge is -2.26. The lowest BCUT2D eigenvalue weighted by molar-refractivity contribution is -0.192. The molecule has 0 radical (unpaired) electrons. The standard InChI is InChI=1S/C20H20ClN3O.C2HF3O2/c1-13-10-14(21)11-17(20(13)25-15-2-6-22-7-3-15)16-4-9-24-19-5-8-23-12-18(16)19;3-2(4,5)1(6)7/h4-5,8-12,15,22H,2-3,6-7H2,1H3;(H,6,7). The van der Waals surface area contributed by atoms with Gasteiger partial charge in [-0.2, -0.15) is 13.2 Å². The molecule has 2 N–H and O–H groups in total. The minimum Gasteiger partial charge on any atom is -0.489 e. The summed E-state index contributed by atoms with van der Waals surface area (Å²) in [7, 11) is 0. The third-order valence-electron chi connectivity index (χ3n) is 4.89. The van der Waals surface area contributed by atoms with E-state index in [9.17, 15) is 13.2 Å². The Hall–Kier alpha value is -2.91. The molecule has 3 heterocycles. The zero-order valence-corrected chi connectivity index (χ0v) is 17.9. The van der Waals surface area contributed by atoms with Crippen LogP contribution >= 0.6 is 11.6 Å². The number of aliphatic carboxylic acids is 1. The zero-order chi connectivity index (χ0) is 23.3. The number of halogens is 4. The number of ether oxygens (including phenoxy) is 1. The lowest BCUT2D eigenvalue weighted by atomic mass is 9.99. The van der Waals surface area contributed by atoms with E-state index in [0.29, 0.717) is 5.02 Å². The van der Waals surface area contributed by atoms with Crippen LogP contribution in [0.2, 0.25) is 5.02 Å². The number of piperidine rings is 1. The number of carboxylic acid groups (broad SMARTS) is 1. The second kappa shape index (κ2) is 10.1. The van der Waals surface area contributed by atoms with Gasteiger partial charge < -0.3 is 15.2 Å². The summed E-state index contributed by atoms with van der Waals surface area (Å²) < 4.78 is 38.2. The summed E-state index contributed by atoms with van der Waals surface area (Å²) in [6.07, 6.45) is 2.60. The molecule has 1 aliphatic rings. The lowest BCUT2D eigenvalue weighted by Crippen LogP contribution is -2.34. The van der Waals surface area contributed by atoms with Crippen molar-refractivity contribution in [1.29, 1.82) is 0 Å². The highest BCUT2D eigenvalue weighted by atomic mass is 35.5. The van der Waals surface area contributed by atoms with Gasteiger partial charge in [-0.15, -0.1) is 0 Å². The molecule has 170 valence electrons. The molecule has 0 spiro atoms. The fourth-order valence-corrected chi connectivity index (χ4v) is 3.66. The molecule has 32 heavy (non-hydrogen) atoms. The first kappa shape index (κ1) is 23.7. The van der Waals surface area contributed by atoms with Crippen molar-refractivity contribution in [3.05, 3.63) is 53.4 Å². The molecule has 1 saturated heterocycles. The number of aryl methyl sites for hydroxylation is 1. The van der Waals surface area contributed by atoms with Crippen molar-refractivity contribution in [3.63, 3.8) is 0 Å². The van der Waals surface area contributed by atoms with Gasteiger partial charge in [0.05, 0.1) is 5.52 Å². The summed E-state index contributed by atoms with van der Waals surface area (Å²) in [6.45, 7) is 4.04. The number of nitrogens with one attached hydrogen (secondary N) is 1. The largest absolute Gasteiger partial charge is 0.490 e. The summed E-state index contributed by atoms with van der Waals surface area (Å²) in [5, 5.41) is 12.2. The number of rotatable bonds is 3. The number of carbonyl (C=O) groups is 1. The number of hydrogen-bond donors (Lipinski definition) is 2. The fourth-order valence-electron chi connectivity index (χ4n) is 3.39. The molecule has 1 fully saturated rings. The molecule has 0 amide bonds. The smallest absolute Gasteiger partial charge is 0.489 e. The normalized spacial score (nSPS) is 14.5. The van der Waals surface area contributed by atoms with Crippen molar-refractivity contribution >= 4 is 28.5 Å². The van der Waals surface area contributed by atoms with Crippen LogP contribution in [0.3, 0.4) is 0 Å². The predicted molar refractivity (Wildman–Crippen MR) is 115 cm³/mol. The molecule has 0 unspecified atom stereocenters. The first-order valence-corrected chi connectivity index (χ1v) is 10.2. The van der Waals surface area contributed by atoms with Crippen molar-refractivity contribution in [2.24, 2.45) is 0 Å². The Balaban J connectivity index is 0.000000360. The van der Waals surface area contributed by atoms with E-state index in [2.05, 4.69) is 15.3 Å². The summed E-state index contributed by atoms with van der Waals surface area (Å²) in [6, 6.07) is 7.86. The van der Waals surface area contributed by atoms with Gasteiger partial charge in [-0.3, -0.25) is 9.97 Å². The van der Waals surface area contributed by atoms with Gasteiger partial charge in [-0.25, -0.2) is 4.79 Å². The molecule has 6 nitrogen and oxygen atoms in total. The van der Waals surface area contributed by atoms with Crippen LogP contribution in [-0.2, 0) is 4.79 Å². The van der Waals surface area contributed by atoms with Crippen LogP contribution in [-0.4, -0.2) is 46.4 Å². The third kappa shape index (κ3) is 5.86. The molecule has 0 saturated carbocycles. The number of fused-ring (bicyclic) bond motifs is 1. The van der Waals surface area contributed by atoms with Crippen LogP contribution < -0.4 is 10.1 Å². The Morgan fingerprint density at radius 2 is 1.88 bits per heavy atom. The Bertz CT molecular complexity index is 1100. The van der Waals surface area contributed by atoms with E-state index in [0.717, 1.165) is 59.3 Å². The average molecular weight is 468 g/mol. The van der Waals surface area contributed by atoms with Crippen molar-refractivity contribution < 1.29 is 27.8 Å². The fraction of sp³-hybridized carbons (Fsp3) is 0.318. The molecule has 10 heteroatoms. The number of aromatic nitrogens is 2. The first-order valence-electron chi connectivity index (χ1n) is 9.83. The summed E-state index contributed by atoms with van der Waals surface area (Å²) in [5.74, 6) is -1.85. The maximum Gasteiger partial charge on any atom is 0.490 e. The summed E-state index contributed by atoms with van der Waals surface area (Å²) in [5.41, 5.74) is 4.02. The average Bonchev–Trinajstić information content (AvgIpc) is 2.75. The Morgan fingerprint density at radius 3 is 2.53 bits per heavy atom. The molecular formula is C22H21ClF3N3O3. The van der Waals surface area contributed by atoms with E-state index in [4.69, 9.17) is 26.2 Å². The molecule has 0 aliphatic carbocycles. The number of alkyl halides is 3. The van der Waals surface area contributed by atoms with E-state index < -0.39 is 12.1 Å². The number of carboxylic acids is 1. The summed E-state index contributed by atoms with van der Waals surface area (Å²) in [4.78, 5) is 17.6. The quantitative estimate of drug-likeness (QED) is 0.562. The van der Waals surface area contributed by atoms with E-state index in [1.807, 2.05) is 43.6 Å². The van der Waals surface area contributed by atoms with Crippen molar-refractivity contribution in [2.45, 2.75) is 32.0 Å². The Kier molecular flexibility index (Phi) is 7.52. The van der Waals surface area contributed by atoms with Gasteiger partial charge in [0, 0.05) is 34.6 Å². The molecular weight excluding hydrogens is 447 g/mol. The topological polar surface area (TPSA) is 84.3 Å². The highest BCUT2D eigenvalue weighted by molar-refractivity contribution is 6.31. The maximum absolute atomic E-state index is 10.6. The SMILES string of the molecule is Cc1cc(Cl)cc(-c2ccnc3ccncc23)c1OC1CCNCC1.O=C(O)C(F)(F)F. The minimum absolute atomic E-state index is 0.228. The highest BCUT2D eigenvalue weighted by Gasteiger charge is 2.38. The Morgan fingerprint density at radius 1 is 1.19 bits per heavy atom. The van der Waals surface area contributed by atoms with Gasteiger partial charge in [0.25, 0.3) is 0 Å². The minimum atomic E-state index is -5.08. The van der Waals surface area contributed by atoms with Crippen LogP contribution in [0.15, 0.2) is 42.9 Å². The second-order valence-electron chi connectivity index (χ2n) is 7.22. The molecule has 1 aromatic carbocycles. The molecule has 3 aromatic rings. The molecule has 4 rings (SSSR count). The first-order chi connectivity index (χ1) is 15.2. The van der Waals surface area contributed by atoms with E-state index >= 15 is 0 Å². The van der Waals surface area contributed by atoms with E-state index in [1.54, 1.807) is 6.20 Å². The van der Waals surface area contributed by atoms with Gasteiger partial charge in [0.2, 0.25) is 0 Å². The van der Waals surface area contributed by atoms with Crippen LogP contribution in [0.5, 0.6) is 5.75 Å². The van der Waals surface area contributed by atoms with Gasteiger partial charge in [0.1, 0.15) is 11.9 Å². The van der Waals surface area contributed by atoms with Crippen LogP contribution in [0.1, 0.15) is 18.4 Å². The highest BCUT2D eigenvalue weighted by Crippen LogP contribution is 2.39. The predicted octanol–water partition coefficient (Wildman–Crippen LogP) is 5.02. The van der Waals surface area contributed by atoms with Crippen molar-refractivity contribution in [1.82, 2.24) is 15.3 Å². The number of benzene rings is 1. The Labute approximate surface area is 187 Å². The number of hydrogen-bond acceptors (Lipinski definition) is 5. The van der Waals surface area contributed by atoms with Gasteiger partial charge in [0.15, 0.2) is 0 Å². The maximum atomic E-state index is 10.6. The molecule has 0 bridgehead atoms. The van der Waals surface area contributed by atoms with Crippen LogP contribution in [0.25, 0.3) is 22.0 Å². The van der Waals surface area contributed by atoms with Crippen LogP contribution in [0, 0.1) is 6.92 Å². The molecule has 1 aliphatic heterocycles. The molecule has 0 atom stereocenters. The van der Waals surface area contributed by atoms with Crippen LogP contribution in [0.4, 0.5) is 13.2 Å². The van der Waals surface area contributed by atoms with Crippen molar-refractivity contribution in [2.75, 3.05) is 13.1 Å². The van der Waals surface area contributed by atoms with Gasteiger partial charge in [-0.1, -0.05) is 11.6 Å². The number of pyridine rings is 2. The third-order valence-corrected chi connectivity index (χ3v) is 5.10. The van der Waals surface area contributed by atoms with E-state index in [1.165, 1.54) is 0 Å². The van der Waals surface area contributed by atoms with E-state index in [-0.39, 0.29) is 6.10 Å².